The lowest BCUT2D eigenvalue weighted by molar-refractivity contribution is 0.129. The van der Waals surface area contributed by atoms with E-state index in [-0.39, 0.29) is 0 Å². The molecule has 3 rings (SSSR count). The Morgan fingerprint density at radius 2 is 1.89 bits per heavy atom. The van der Waals surface area contributed by atoms with E-state index in [9.17, 15) is 4.79 Å². The molecule has 2 heterocycles. The number of hydrogen-bond acceptors (Lipinski definition) is 2. The van der Waals surface area contributed by atoms with Gasteiger partial charge in [-0.25, -0.2) is 4.79 Å². The average molecular weight is 265 g/mol. The van der Waals surface area contributed by atoms with Crippen molar-refractivity contribution >= 4 is 6.03 Å². The van der Waals surface area contributed by atoms with Crippen LogP contribution in [0.15, 0.2) is 0 Å². The molecule has 4 heteroatoms. The molecular formula is C15H27N3O. The van der Waals surface area contributed by atoms with E-state index in [2.05, 4.69) is 15.1 Å². The third kappa shape index (κ3) is 3.41. The number of rotatable bonds is 3. The van der Waals surface area contributed by atoms with Gasteiger partial charge < -0.3 is 15.1 Å². The van der Waals surface area contributed by atoms with Crippen molar-refractivity contribution in [2.75, 3.05) is 32.7 Å². The highest BCUT2D eigenvalue weighted by atomic mass is 16.2. The number of amides is 2. The van der Waals surface area contributed by atoms with Crippen molar-refractivity contribution in [2.24, 2.45) is 5.92 Å². The molecule has 2 amide bonds. The summed E-state index contributed by atoms with van der Waals surface area (Å²) in [5.41, 5.74) is 0. The summed E-state index contributed by atoms with van der Waals surface area (Å²) in [5, 5.41) is 3.47. The van der Waals surface area contributed by atoms with Crippen LogP contribution in [0.4, 0.5) is 4.79 Å². The summed E-state index contributed by atoms with van der Waals surface area (Å²) in [4.78, 5) is 17.0. The second-order valence-corrected chi connectivity index (χ2v) is 6.43. The Kier molecular flexibility index (Phi) is 4.26. The Morgan fingerprint density at radius 3 is 2.53 bits per heavy atom. The van der Waals surface area contributed by atoms with Crippen LogP contribution in [0.2, 0.25) is 0 Å². The van der Waals surface area contributed by atoms with E-state index in [0.29, 0.717) is 18.0 Å². The molecule has 1 N–H and O–H groups in total. The monoisotopic (exact) mass is 265 g/mol. The van der Waals surface area contributed by atoms with E-state index in [1.54, 1.807) is 0 Å². The van der Waals surface area contributed by atoms with Gasteiger partial charge in [-0.15, -0.1) is 0 Å². The summed E-state index contributed by atoms with van der Waals surface area (Å²) in [6, 6.07) is 0.879. The molecule has 3 aliphatic rings. The molecule has 2 saturated heterocycles. The molecule has 19 heavy (non-hydrogen) atoms. The maximum atomic E-state index is 12.7. The van der Waals surface area contributed by atoms with Crippen molar-refractivity contribution in [2.45, 2.75) is 51.0 Å². The molecule has 3 fully saturated rings. The van der Waals surface area contributed by atoms with Crippen molar-refractivity contribution in [1.29, 1.82) is 0 Å². The molecule has 108 valence electrons. The standard InChI is InChI=1S/C15H27N3O/c19-15(17-9-2-1-3-10-17)18(14-6-7-14)12-13-5-4-8-16-11-13/h13-14,16H,1-12H2. The molecule has 4 nitrogen and oxygen atoms in total. The highest BCUT2D eigenvalue weighted by molar-refractivity contribution is 5.75. The fourth-order valence-corrected chi connectivity index (χ4v) is 3.39. The molecule has 0 spiro atoms. The van der Waals surface area contributed by atoms with Gasteiger partial charge in [-0.3, -0.25) is 0 Å². The molecule has 2 aliphatic heterocycles. The van der Waals surface area contributed by atoms with Gasteiger partial charge in [-0.05, 0) is 64.0 Å². The zero-order chi connectivity index (χ0) is 13.1. The number of urea groups is 1. The van der Waals surface area contributed by atoms with Crippen LogP contribution < -0.4 is 5.32 Å². The minimum atomic E-state index is 0.327. The summed E-state index contributed by atoms with van der Waals surface area (Å²) in [6.07, 6.45) is 8.66. The third-order valence-corrected chi connectivity index (χ3v) is 4.71. The van der Waals surface area contributed by atoms with E-state index in [1.165, 1.54) is 44.9 Å². The third-order valence-electron chi connectivity index (χ3n) is 4.71. The molecule has 1 saturated carbocycles. The first-order valence-electron chi connectivity index (χ1n) is 8.11. The van der Waals surface area contributed by atoms with E-state index >= 15 is 0 Å². The summed E-state index contributed by atoms with van der Waals surface area (Å²) in [5.74, 6) is 0.670. The van der Waals surface area contributed by atoms with Crippen molar-refractivity contribution in [3.8, 4) is 0 Å². The van der Waals surface area contributed by atoms with Gasteiger partial charge in [0.1, 0.15) is 0 Å². The summed E-state index contributed by atoms with van der Waals surface area (Å²) >= 11 is 0. The van der Waals surface area contributed by atoms with Crippen LogP contribution >= 0.6 is 0 Å². The fourth-order valence-electron chi connectivity index (χ4n) is 3.39. The number of nitrogens with one attached hydrogen (secondary N) is 1. The van der Waals surface area contributed by atoms with Crippen LogP contribution in [0.25, 0.3) is 0 Å². The predicted molar refractivity (Wildman–Crippen MR) is 76.1 cm³/mol. The molecule has 0 aromatic rings. The minimum Gasteiger partial charge on any atom is -0.325 e. The van der Waals surface area contributed by atoms with Crippen LogP contribution in [-0.4, -0.2) is 54.6 Å². The van der Waals surface area contributed by atoms with Gasteiger partial charge in [-0.1, -0.05) is 0 Å². The first-order chi connectivity index (χ1) is 9.34. The second kappa shape index (κ2) is 6.12. The number of piperidine rings is 2. The maximum Gasteiger partial charge on any atom is 0.320 e. The van der Waals surface area contributed by atoms with E-state index in [0.717, 1.165) is 32.7 Å². The molecule has 0 bridgehead atoms. The van der Waals surface area contributed by atoms with E-state index < -0.39 is 0 Å². The second-order valence-electron chi connectivity index (χ2n) is 6.43. The Bertz CT molecular complexity index is 305. The van der Waals surface area contributed by atoms with E-state index in [1.807, 2.05) is 0 Å². The molecule has 0 aromatic heterocycles. The lowest BCUT2D eigenvalue weighted by Crippen LogP contribution is -2.49. The Labute approximate surface area is 116 Å². The van der Waals surface area contributed by atoms with Gasteiger partial charge in [0.25, 0.3) is 0 Å². The van der Waals surface area contributed by atoms with Gasteiger partial charge in [-0.2, -0.15) is 0 Å². The smallest absolute Gasteiger partial charge is 0.320 e. The summed E-state index contributed by atoms with van der Waals surface area (Å²) < 4.78 is 0. The molecule has 0 radical (unpaired) electrons. The van der Waals surface area contributed by atoms with Gasteiger partial charge in [0.2, 0.25) is 0 Å². The number of hydrogen-bond donors (Lipinski definition) is 1. The zero-order valence-electron chi connectivity index (χ0n) is 11.9. The van der Waals surface area contributed by atoms with E-state index in [4.69, 9.17) is 0 Å². The lowest BCUT2D eigenvalue weighted by Gasteiger charge is -2.36. The molecular weight excluding hydrogens is 238 g/mol. The van der Waals surface area contributed by atoms with Crippen LogP contribution in [0.5, 0.6) is 0 Å². The first-order valence-corrected chi connectivity index (χ1v) is 8.11. The Balaban J connectivity index is 1.57. The molecule has 0 aromatic carbocycles. The number of carbonyl (C=O) groups is 1. The number of likely N-dealkylation sites (tertiary alicyclic amines) is 1. The summed E-state index contributed by atoms with van der Waals surface area (Å²) in [7, 11) is 0. The topological polar surface area (TPSA) is 35.6 Å². The number of nitrogens with zero attached hydrogens (tertiary/aromatic N) is 2. The van der Waals surface area contributed by atoms with Gasteiger partial charge >= 0.3 is 6.03 Å². The minimum absolute atomic E-state index is 0.327. The van der Waals surface area contributed by atoms with Crippen LogP contribution in [0.1, 0.15) is 44.9 Å². The highest BCUT2D eigenvalue weighted by Gasteiger charge is 2.36. The van der Waals surface area contributed by atoms with Crippen LogP contribution in [0.3, 0.4) is 0 Å². The van der Waals surface area contributed by atoms with Crippen molar-refractivity contribution in [3.05, 3.63) is 0 Å². The fraction of sp³-hybridized carbons (Fsp3) is 0.933. The lowest BCUT2D eigenvalue weighted by atomic mass is 9.99. The Morgan fingerprint density at radius 1 is 1.11 bits per heavy atom. The quantitative estimate of drug-likeness (QED) is 0.848. The highest BCUT2D eigenvalue weighted by Crippen LogP contribution is 2.30. The maximum absolute atomic E-state index is 12.7. The molecule has 1 aliphatic carbocycles. The Hall–Kier alpha value is -0.770. The van der Waals surface area contributed by atoms with Crippen LogP contribution in [0, 0.1) is 5.92 Å². The number of carbonyl (C=O) groups excluding carboxylic acids is 1. The van der Waals surface area contributed by atoms with Crippen molar-refractivity contribution in [1.82, 2.24) is 15.1 Å². The van der Waals surface area contributed by atoms with Gasteiger partial charge in [0.15, 0.2) is 0 Å². The normalized spacial score (nSPS) is 28.2. The summed E-state index contributed by atoms with van der Waals surface area (Å²) in [6.45, 7) is 5.18. The SMILES string of the molecule is O=C(N1CCCCC1)N(CC1CCCNC1)C1CC1. The average Bonchev–Trinajstić information content (AvgIpc) is 3.31. The molecule has 1 unspecified atom stereocenters. The predicted octanol–water partition coefficient (Wildman–Crippen LogP) is 2.06. The van der Waals surface area contributed by atoms with Crippen molar-refractivity contribution < 1.29 is 4.79 Å². The van der Waals surface area contributed by atoms with Crippen LogP contribution in [-0.2, 0) is 0 Å². The molecule has 1 atom stereocenters. The van der Waals surface area contributed by atoms with Crippen molar-refractivity contribution in [3.63, 3.8) is 0 Å². The largest absolute Gasteiger partial charge is 0.325 e. The van der Waals surface area contributed by atoms with Gasteiger partial charge in [0, 0.05) is 25.7 Å². The first kappa shape index (κ1) is 13.2. The van der Waals surface area contributed by atoms with Gasteiger partial charge in [0.05, 0.1) is 0 Å². The zero-order valence-corrected chi connectivity index (χ0v) is 11.9.